The maximum absolute atomic E-state index is 11.2. The van der Waals surface area contributed by atoms with Gasteiger partial charge in [0, 0.05) is 18.8 Å². The van der Waals surface area contributed by atoms with Crippen LogP contribution in [0.1, 0.15) is 17.3 Å². The van der Waals surface area contributed by atoms with Gasteiger partial charge in [-0.05, 0) is 31.2 Å². The zero-order valence-corrected chi connectivity index (χ0v) is 9.80. The summed E-state index contributed by atoms with van der Waals surface area (Å²) < 4.78 is 4.61. The van der Waals surface area contributed by atoms with Crippen LogP contribution in [0.5, 0.6) is 0 Å². The summed E-state index contributed by atoms with van der Waals surface area (Å²) in [5.74, 6) is -0.343. The molecule has 88 valence electrons. The maximum atomic E-state index is 11.2. The number of aliphatic hydroxyl groups excluding tert-OH is 1. The van der Waals surface area contributed by atoms with Crippen molar-refractivity contribution in [1.29, 1.82) is 0 Å². The normalized spacial score (nSPS) is 12.0. The number of hydrogen-bond donors (Lipinski definition) is 1. The van der Waals surface area contributed by atoms with E-state index in [4.69, 9.17) is 5.11 Å². The Morgan fingerprint density at radius 3 is 2.44 bits per heavy atom. The molecule has 0 amide bonds. The molecule has 0 aromatic heterocycles. The van der Waals surface area contributed by atoms with Crippen molar-refractivity contribution >= 4 is 11.7 Å². The summed E-state index contributed by atoms with van der Waals surface area (Å²) in [5.41, 5.74) is 1.48. The number of carbonyl (C=O) groups is 1. The number of likely N-dealkylation sites (N-methyl/N-ethyl adjacent to an activating group) is 1. The fourth-order valence-corrected chi connectivity index (χ4v) is 1.33. The molecule has 16 heavy (non-hydrogen) atoms. The summed E-state index contributed by atoms with van der Waals surface area (Å²) in [6.45, 7) is 2.02. The molecule has 1 aromatic rings. The number of methoxy groups -OCH3 is 1. The summed E-state index contributed by atoms with van der Waals surface area (Å²) in [7, 11) is 3.25. The van der Waals surface area contributed by atoms with E-state index in [-0.39, 0.29) is 18.6 Å². The van der Waals surface area contributed by atoms with Crippen molar-refractivity contribution in [2.75, 3.05) is 25.7 Å². The van der Waals surface area contributed by atoms with Crippen LogP contribution in [0.2, 0.25) is 0 Å². The number of anilines is 1. The molecule has 0 heterocycles. The fraction of sp³-hybridized carbons (Fsp3) is 0.417. The lowest BCUT2D eigenvalue weighted by atomic mass is 10.2. The lowest BCUT2D eigenvalue weighted by Crippen LogP contribution is -2.31. The van der Waals surface area contributed by atoms with E-state index in [1.807, 2.05) is 31.0 Å². The molecule has 0 saturated heterocycles. The molecule has 4 nitrogen and oxygen atoms in total. The Balaban J connectivity index is 2.82. The molecule has 1 N–H and O–H groups in total. The molecular formula is C12H17NO3. The molecule has 1 atom stereocenters. The predicted octanol–water partition coefficient (Wildman–Crippen LogP) is 1.29. The smallest absolute Gasteiger partial charge is 0.337 e. The second kappa shape index (κ2) is 5.51. The van der Waals surface area contributed by atoms with E-state index in [1.165, 1.54) is 7.11 Å². The second-order valence-corrected chi connectivity index (χ2v) is 3.68. The minimum Gasteiger partial charge on any atom is -0.465 e. The highest BCUT2D eigenvalue weighted by molar-refractivity contribution is 5.89. The number of benzene rings is 1. The molecule has 1 rings (SSSR count). The topological polar surface area (TPSA) is 49.8 Å². The molecule has 0 radical (unpaired) electrons. The van der Waals surface area contributed by atoms with Crippen LogP contribution in [0.3, 0.4) is 0 Å². The molecule has 0 aliphatic heterocycles. The van der Waals surface area contributed by atoms with Crippen LogP contribution < -0.4 is 4.90 Å². The SMILES string of the molecule is COC(=O)c1ccc(N(C)C(C)CO)cc1. The molecule has 1 aromatic carbocycles. The number of aliphatic hydroxyl groups is 1. The van der Waals surface area contributed by atoms with Crippen molar-refractivity contribution in [3.63, 3.8) is 0 Å². The van der Waals surface area contributed by atoms with Gasteiger partial charge >= 0.3 is 5.97 Å². The van der Waals surface area contributed by atoms with Crippen LogP contribution in [0, 0.1) is 0 Å². The summed E-state index contributed by atoms with van der Waals surface area (Å²) >= 11 is 0. The lowest BCUT2D eigenvalue weighted by Gasteiger charge is -2.25. The molecule has 0 aliphatic carbocycles. The molecule has 0 aliphatic rings. The fourth-order valence-electron chi connectivity index (χ4n) is 1.33. The largest absolute Gasteiger partial charge is 0.465 e. The van der Waals surface area contributed by atoms with E-state index < -0.39 is 0 Å². The summed E-state index contributed by atoms with van der Waals surface area (Å²) in [6.07, 6.45) is 0. The highest BCUT2D eigenvalue weighted by atomic mass is 16.5. The van der Waals surface area contributed by atoms with Gasteiger partial charge in [-0.2, -0.15) is 0 Å². The van der Waals surface area contributed by atoms with Crippen molar-refractivity contribution in [1.82, 2.24) is 0 Å². The van der Waals surface area contributed by atoms with Gasteiger partial charge in [0.2, 0.25) is 0 Å². The van der Waals surface area contributed by atoms with Gasteiger partial charge in [-0.1, -0.05) is 0 Å². The Labute approximate surface area is 95.5 Å². The van der Waals surface area contributed by atoms with Gasteiger partial charge in [-0.3, -0.25) is 0 Å². The summed E-state index contributed by atoms with van der Waals surface area (Å²) in [6, 6.07) is 7.13. The van der Waals surface area contributed by atoms with E-state index in [2.05, 4.69) is 4.74 Å². The molecule has 0 bridgehead atoms. The Bertz CT molecular complexity index is 348. The van der Waals surface area contributed by atoms with Crippen LogP contribution in [0.25, 0.3) is 0 Å². The first-order valence-electron chi connectivity index (χ1n) is 5.12. The molecule has 4 heteroatoms. The van der Waals surface area contributed by atoms with Crippen LogP contribution in [-0.4, -0.2) is 37.9 Å². The zero-order valence-electron chi connectivity index (χ0n) is 9.80. The number of esters is 1. The second-order valence-electron chi connectivity index (χ2n) is 3.68. The number of ether oxygens (including phenoxy) is 1. The van der Waals surface area contributed by atoms with Crippen molar-refractivity contribution in [3.8, 4) is 0 Å². The average molecular weight is 223 g/mol. The monoisotopic (exact) mass is 223 g/mol. The zero-order chi connectivity index (χ0) is 12.1. The summed E-state index contributed by atoms with van der Waals surface area (Å²) in [5, 5.41) is 9.03. The minimum absolute atomic E-state index is 0.0453. The van der Waals surface area contributed by atoms with Crippen molar-refractivity contribution < 1.29 is 14.6 Å². The minimum atomic E-state index is -0.343. The van der Waals surface area contributed by atoms with Crippen molar-refractivity contribution in [2.45, 2.75) is 13.0 Å². The van der Waals surface area contributed by atoms with E-state index in [0.717, 1.165) is 5.69 Å². The molecular weight excluding hydrogens is 206 g/mol. The van der Waals surface area contributed by atoms with Gasteiger partial charge in [0.05, 0.1) is 19.3 Å². The first-order valence-corrected chi connectivity index (χ1v) is 5.12. The third kappa shape index (κ3) is 2.73. The number of carbonyl (C=O) groups excluding carboxylic acids is 1. The number of rotatable bonds is 4. The van der Waals surface area contributed by atoms with Crippen LogP contribution in [-0.2, 0) is 4.74 Å². The summed E-state index contributed by atoms with van der Waals surface area (Å²) in [4.78, 5) is 13.2. The van der Waals surface area contributed by atoms with Gasteiger partial charge in [-0.15, -0.1) is 0 Å². The molecule has 0 spiro atoms. The van der Waals surface area contributed by atoms with Crippen LogP contribution >= 0.6 is 0 Å². The van der Waals surface area contributed by atoms with Crippen molar-refractivity contribution in [2.24, 2.45) is 0 Å². The van der Waals surface area contributed by atoms with Gasteiger partial charge in [0.25, 0.3) is 0 Å². The van der Waals surface area contributed by atoms with Gasteiger partial charge in [0.1, 0.15) is 0 Å². The Kier molecular flexibility index (Phi) is 4.31. The quantitative estimate of drug-likeness (QED) is 0.781. The third-order valence-corrected chi connectivity index (χ3v) is 2.62. The van der Waals surface area contributed by atoms with Gasteiger partial charge in [-0.25, -0.2) is 4.79 Å². The first-order chi connectivity index (χ1) is 7.60. The predicted molar refractivity (Wildman–Crippen MR) is 62.7 cm³/mol. The maximum Gasteiger partial charge on any atom is 0.337 e. The van der Waals surface area contributed by atoms with Crippen molar-refractivity contribution in [3.05, 3.63) is 29.8 Å². The molecule has 1 unspecified atom stereocenters. The number of hydrogen-bond acceptors (Lipinski definition) is 4. The number of nitrogens with zero attached hydrogens (tertiary/aromatic N) is 1. The standard InChI is InChI=1S/C12H17NO3/c1-9(8-14)13(2)11-6-4-10(5-7-11)12(15)16-3/h4-7,9,14H,8H2,1-3H3. The van der Waals surface area contributed by atoms with Gasteiger partial charge in [0.15, 0.2) is 0 Å². The van der Waals surface area contributed by atoms with E-state index in [9.17, 15) is 4.79 Å². The molecule has 0 saturated carbocycles. The van der Waals surface area contributed by atoms with Crippen LogP contribution in [0.15, 0.2) is 24.3 Å². The first kappa shape index (κ1) is 12.5. The average Bonchev–Trinajstić information content (AvgIpc) is 2.36. The Morgan fingerprint density at radius 2 is 2.00 bits per heavy atom. The highest BCUT2D eigenvalue weighted by Crippen LogP contribution is 2.16. The molecule has 0 fully saturated rings. The van der Waals surface area contributed by atoms with E-state index >= 15 is 0 Å². The highest BCUT2D eigenvalue weighted by Gasteiger charge is 2.10. The Morgan fingerprint density at radius 1 is 1.44 bits per heavy atom. The van der Waals surface area contributed by atoms with Gasteiger partial charge < -0.3 is 14.7 Å². The van der Waals surface area contributed by atoms with Crippen LogP contribution in [0.4, 0.5) is 5.69 Å². The Hall–Kier alpha value is -1.55. The van der Waals surface area contributed by atoms with E-state index in [0.29, 0.717) is 5.56 Å². The van der Waals surface area contributed by atoms with E-state index in [1.54, 1.807) is 12.1 Å². The lowest BCUT2D eigenvalue weighted by molar-refractivity contribution is 0.0601. The third-order valence-electron chi connectivity index (χ3n) is 2.62.